The molecule has 0 bridgehead atoms. The van der Waals surface area contributed by atoms with Crippen LogP contribution >= 0.6 is 0 Å². The number of halogens is 3. The van der Waals surface area contributed by atoms with Crippen LogP contribution in [0, 0.1) is 0 Å². The quantitative estimate of drug-likeness (QED) is 0.469. The number of aldehydes is 1. The van der Waals surface area contributed by atoms with E-state index in [4.69, 9.17) is 0 Å². The van der Waals surface area contributed by atoms with Crippen molar-refractivity contribution in [3.63, 3.8) is 0 Å². The number of rotatable bonds is 3. The van der Waals surface area contributed by atoms with E-state index in [1.807, 2.05) is 0 Å². The van der Waals surface area contributed by atoms with Crippen molar-refractivity contribution in [3.8, 4) is 0 Å². The van der Waals surface area contributed by atoms with Crippen molar-refractivity contribution in [1.82, 2.24) is 0 Å². The summed E-state index contributed by atoms with van der Waals surface area (Å²) in [6.07, 6.45) is -5.67. The van der Waals surface area contributed by atoms with E-state index in [0.717, 1.165) is 0 Å². The smallest absolute Gasteiger partial charge is 0.362 e. The Labute approximate surface area is 61.3 Å². The molecule has 0 aliphatic carbocycles. The normalized spacial score (nSPS) is 30.1. The molecule has 0 saturated carbocycles. The molecular formula is C6H7F3O2. The lowest BCUT2D eigenvalue weighted by molar-refractivity contribution is -0.136. The van der Waals surface area contributed by atoms with Crippen molar-refractivity contribution >= 4 is 6.29 Å². The van der Waals surface area contributed by atoms with E-state index in [9.17, 15) is 18.0 Å². The highest BCUT2D eigenvalue weighted by atomic mass is 19.4. The second-order valence-electron chi connectivity index (χ2n) is 2.43. The summed E-state index contributed by atoms with van der Waals surface area (Å²) in [6, 6.07) is 0. The molecule has 1 heterocycles. The molecular weight excluding hydrogens is 161 g/mol. The molecule has 0 aromatic heterocycles. The zero-order chi connectivity index (χ0) is 8.48. The van der Waals surface area contributed by atoms with Crippen molar-refractivity contribution < 1.29 is 22.7 Å². The number of hydrogen-bond acceptors (Lipinski definition) is 2. The fourth-order valence-corrected chi connectivity index (χ4v) is 0.814. The summed E-state index contributed by atoms with van der Waals surface area (Å²) in [5, 5.41) is 0. The Kier molecular flexibility index (Phi) is 2.17. The lowest BCUT2D eigenvalue weighted by Crippen LogP contribution is -2.09. The summed E-state index contributed by atoms with van der Waals surface area (Å²) in [4.78, 5) is 9.90. The molecule has 11 heavy (non-hydrogen) atoms. The van der Waals surface area contributed by atoms with E-state index in [1.54, 1.807) is 0 Å². The van der Waals surface area contributed by atoms with E-state index < -0.39 is 24.8 Å². The Bertz CT molecular complexity index is 154. The molecule has 0 amide bonds. The molecule has 2 nitrogen and oxygen atoms in total. The lowest BCUT2D eigenvalue weighted by atomic mass is 10.2. The number of carbonyl (C=O) groups is 1. The largest absolute Gasteiger partial charge is 0.389 e. The number of ether oxygens (including phenoxy) is 1. The van der Waals surface area contributed by atoms with Gasteiger partial charge in [0.05, 0.1) is 6.10 Å². The van der Waals surface area contributed by atoms with Crippen LogP contribution in [0.2, 0.25) is 0 Å². The highest BCUT2D eigenvalue weighted by Crippen LogP contribution is 2.30. The maximum Gasteiger partial charge on any atom is 0.389 e. The summed E-state index contributed by atoms with van der Waals surface area (Å²) in [5.74, 6) is 0. The molecule has 0 N–H and O–H groups in total. The zero-order valence-corrected chi connectivity index (χ0v) is 5.60. The average Bonchev–Trinajstić information content (AvgIpc) is 2.60. The van der Waals surface area contributed by atoms with E-state index >= 15 is 0 Å². The first-order valence-electron chi connectivity index (χ1n) is 3.20. The highest BCUT2D eigenvalue weighted by Gasteiger charge is 2.41. The van der Waals surface area contributed by atoms with Gasteiger partial charge in [0.1, 0.15) is 6.10 Å². The van der Waals surface area contributed by atoms with Gasteiger partial charge in [-0.25, -0.2) is 0 Å². The number of carbonyl (C=O) groups excluding carboxylic acids is 1. The Morgan fingerprint density at radius 1 is 1.45 bits per heavy atom. The molecule has 1 aliphatic rings. The molecule has 1 aliphatic heterocycles. The van der Waals surface area contributed by atoms with Gasteiger partial charge in [0.25, 0.3) is 0 Å². The van der Waals surface area contributed by atoms with Crippen LogP contribution in [0.15, 0.2) is 0 Å². The van der Waals surface area contributed by atoms with Crippen LogP contribution < -0.4 is 0 Å². The molecule has 0 spiro atoms. The molecule has 64 valence electrons. The standard InChI is InChI=1S/C6H7F3O2/c7-6(8,9)2-1-4-5(3-10)11-4/h3-5H,1-2H2/t4-,5-/m0/s1. The molecule has 1 fully saturated rings. The Morgan fingerprint density at radius 2 is 2.09 bits per heavy atom. The Morgan fingerprint density at radius 3 is 2.45 bits per heavy atom. The zero-order valence-electron chi connectivity index (χ0n) is 5.60. The highest BCUT2D eigenvalue weighted by molar-refractivity contribution is 5.60. The first-order valence-corrected chi connectivity index (χ1v) is 3.20. The fraction of sp³-hybridized carbons (Fsp3) is 0.833. The fourth-order valence-electron chi connectivity index (χ4n) is 0.814. The second kappa shape index (κ2) is 2.81. The van der Waals surface area contributed by atoms with Crippen molar-refractivity contribution in [3.05, 3.63) is 0 Å². The van der Waals surface area contributed by atoms with Crippen molar-refractivity contribution in [1.29, 1.82) is 0 Å². The van der Waals surface area contributed by atoms with Gasteiger partial charge in [-0.1, -0.05) is 0 Å². The molecule has 1 rings (SSSR count). The minimum Gasteiger partial charge on any atom is -0.362 e. The van der Waals surface area contributed by atoms with Gasteiger partial charge >= 0.3 is 6.18 Å². The van der Waals surface area contributed by atoms with E-state index in [0.29, 0.717) is 6.29 Å². The van der Waals surface area contributed by atoms with Gasteiger partial charge in [-0.2, -0.15) is 13.2 Å². The third kappa shape index (κ3) is 2.88. The number of hydrogen-bond donors (Lipinski definition) is 0. The molecule has 0 aromatic rings. The Hall–Kier alpha value is -0.580. The van der Waals surface area contributed by atoms with Crippen LogP contribution in [0.25, 0.3) is 0 Å². The van der Waals surface area contributed by atoms with Gasteiger partial charge < -0.3 is 9.53 Å². The summed E-state index contributed by atoms with van der Waals surface area (Å²) in [7, 11) is 0. The molecule has 0 radical (unpaired) electrons. The first kappa shape index (κ1) is 8.52. The van der Waals surface area contributed by atoms with Crippen LogP contribution in [0.1, 0.15) is 12.8 Å². The minimum atomic E-state index is -4.14. The van der Waals surface area contributed by atoms with Gasteiger partial charge in [-0.15, -0.1) is 0 Å². The van der Waals surface area contributed by atoms with Crippen LogP contribution in [-0.4, -0.2) is 24.7 Å². The minimum absolute atomic E-state index is 0.104. The van der Waals surface area contributed by atoms with Gasteiger partial charge in [0, 0.05) is 6.42 Å². The van der Waals surface area contributed by atoms with Gasteiger partial charge in [0.2, 0.25) is 0 Å². The van der Waals surface area contributed by atoms with E-state index in [2.05, 4.69) is 4.74 Å². The SMILES string of the molecule is O=C[C@@H]1O[C@H]1CCC(F)(F)F. The van der Waals surface area contributed by atoms with Crippen LogP contribution in [0.3, 0.4) is 0 Å². The molecule has 2 atom stereocenters. The first-order chi connectivity index (χ1) is 5.03. The predicted octanol–water partition coefficient (Wildman–Crippen LogP) is 1.30. The molecule has 5 heteroatoms. The van der Waals surface area contributed by atoms with Gasteiger partial charge in [-0.05, 0) is 6.42 Å². The average molecular weight is 168 g/mol. The van der Waals surface area contributed by atoms with E-state index in [1.165, 1.54) is 0 Å². The monoisotopic (exact) mass is 168 g/mol. The summed E-state index contributed by atoms with van der Waals surface area (Å²) in [5.41, 5.74) is 0. The van der Waals surface area contributed by atoms with Crippen molar-refractivity contribution in [2.24, 2.45) is 0 Å². The number of epoxide rings is 1. The summed E-state index contributed by atoms with van der Waals surface area (Å²) >= 11 is 0. The summed E-state index contributed by atoms with van der Waals surface area (Å²) in [6.45, 7) is 0. The summed E-state index contributed by atoms with van der Waals surface area (Å²) < 4.78 is 39.2. The van der Waals surface area contributed by atoms with Gasteiger partial charge in [-0.3, -0.25) is 0 Å². The van der Waals surface area contributed by atoms with Crippen LogP contribution in [0.4, 0.5) is 13.2 Å². The maximum atomic E-state index is 11.5. The van der Waals surface area contributed by atoms with Crippen molar-refractivity contribution in [2.45, 2.75) is 31.2 Å². The number of alkyl halides is 3. The van der Waals surface area contributed by atoms with Gasteiger partial charge in [0.15, 0.2) is 6.29 Å². The Balaban J connectivity index is 2.11. The molecule has 1 saturated heterocycles. The molecule has 0 aromatic carbocycles. The maximum absolute atomic E-state index is 11.5. The van der Waals surface area contributed by atoms with Crippen LogP contribution in [-0.2, 0) is 9.53 Å². The molecule has 0 unspecified atom stereocenters. The topological polar surface area (TPSA) is 29.6 Å². The lowest BCUT2D eigenvalue weighted by Gasteiger charge is -2.02. The van der Waals surface area contributed by atoms with Crippen LogP contribution in [0.5, 0.6) is 0 Å². The third-order valence-corrected chi connectivity index (χ3v) is 1.47. The second-order valence-corrected chi connectivity index (χ2v) is 2.43. The van der Waals surface area contributed by atoms with E-state index in [-0.39, 0.29) is 6.42 Å². The third-order valence-electron chi connectivity index (χ3n) is 1.47. The van der Waals surface area contributed by atoms with Crippen molar-refractivity contribution in [2.75, 3.05) is 0 Å². The predicted molar refractivity (Wildman–Crippen MR) is 30.0 cm³/mol.